The first-order valence-corrected chi connectivity index (χ1v) is 6.90. The second-order valence-corrected chi connectivity index (χ2v) is 5.29. The number of nitrogens with one attached hydrogen (secondary N) is 1. The van der Waals surface area contributed by atoms with Crippen molar-refractivity contribution in [1.82, 2.24) is 15.1 Å². The van der Waals surface area contributed by atoms with Crippen LogP contribution in [0.1, 0.15) is 20.3 Å². The number of hydrogen-bond donors (Lipinski definition) is 1. The second kappa shape index (κ2) is 7.67. The van der Waals surface area contributed by atoms with Crippen LogP contribution in [0.4, 0.5) is 0 Å². The molecule has 0 unspecified atom stereocenters. The van der Waals surface area contributed by atoms with E-state index in [0.29, 0.717) is 19.0 Å². The smallest absolute Gasteiger partial charge is 0.243 e. The summed E-state index contributed by atoms with van der Waals surface area (Å²) in [5.74, 6) is 0.0197. The summed E-state index contributed by atoms with van der Waals surface area (Å²) in [5, 5.41) is 2.55. The molecule has 1 saturated heterocycles. The lowest BCUT2D eigenvalue weighted by Crippen LogP contribution is -2.53. The van der Waals surface area contributed by atoms with E-state index >= 15 is 0 Å². The number of nitrogens with zero attached hydrogens (tertiary/aromatic N) is 2. The maximum atomic E-state index is 11.9. The highest BCUT2D eigenvalue weighted by molar-refractivity contribution is 5.88. The Morgan fingerprint density at radius 3 is 2.65 bits per heavy atom. The zero-order valence-electron chi connectivity index (χ0n) is 12.2. The molecule has 6 nitrogen and oxygen atoms in total. The molecule has 1 aliphatic rings. The first-order valence-electron chi connectivity index (χ1n) is 6.90. The van der Waals surface area contributed by atoms with Crippen molar-refractivity contribution in [2.75, 3.05) is 32.7 Å². The molecule has 0 bridgehead atoms. The van der Waals surface area contributed by atoms with Gasteiger partial charge in [-0.2, -0.15) is 0 Å². The number of carbonyl (C=O) groups is 3. The summed E-state index contributed by atoms with van der Waals surface area (Å²) < 4.78 is 0. The van der Waals surface area contributed by atoms with Crippen LogP contribution in [0.25, 0.3) is 0 Å². The third kappa shape index (κ3) is 5.03. The molecule has 1 aliphatic heterocycles. The van der Waals surface area contributed by atoms with E-state index in [1.165, 1.54) is 6.08 Å². The number of amides is 3. The molecule has 6 heteroatoms. The van der Waals surface area contributed by atoms with Gasteiger partial charge in [0.2, 0.25) is 17.7 Å². The van der Waals surface area contributed by atoms with E-state index in [0.717, 1.165) is 6.54 Å². The van der Waals surface area contributed by atoms with Crippen molar-refractivity contribution in [3.8, 4) is 0 Å². The van der Waals surface area contributed by atoms with Gasteiger partial charge in [0.25, 0.3) is 0 Å². The first-order chi connectivity index (χ1) is 9.43. The average molecular weight is 281 g/mol. The van der Waals surface area contributed by atoms with Crippen LogP contribution in [0.5, 0.6) is 0 Å². The Kier molecular flexibility index (Phi) is 6.21. The van der Waals surface area contributed by atoms with Crippen molar-refractivity contribution in [3.05, 3.63) is 12.7 Å². The lowest BCUT2D eigenvalue weighted by atomic mass is 10.2. The van der Waals surface area contributed by atoms with Gasteiger partial charge in [-0.3, -0.25) is 14.4 Å². The minimum Gasteiger partial charge on any atom is -0.352 e. The van der Waals surface area contributed by atoms with Crippen LogP contribution in [-0.2, 0) is 14.4 Å². The van der Waals surface area contributed by atoms with Gasteiger partial charge in [-0.05, 0) is 12.0 Å². The molecule has 1 N–H and O–H groups in total. The van der Waals surface area contributed by atoms with Gasteiger partial charge in [-0.1, -0.05) is 20.4 Å². The molecule has 1 heterocycles. The summed E-state index contributed by atoms with van der Waals surface area (Å²) in [6, 6.07) is 0. The maximum Gasteiger partial charge on any atom is 0.243 e. The lowest BCUT2D eigenvalue weighted by molar-refractivity contribution is -0.145. The molecule has 1 fully saturated rings. The van der Waals surface area contributed by atoms with Crippen LogP contribution >= 0.6 is 0 Å². The van der Waals surface area contributed by atoms with Gasteiger partial charge in [-0.15, -0.1) is 0 Å². The highest BCUT2D eigenvalue weighted by Gasteiger charge is 2.26. The molecule has 20 heavy (non-hydrogen) atoms. The third-order valence-electron chi connectivity index (χ3n) is 3.08. The lowest BCUT2D eigenvalue weighted by Gasteiger charge is -2.35. The zero-order chi connectivity index (χ0) is 15.1. The molecule has 1 rings (SSSR count). The molecule has 0 radical (unpaired) electrons. The molecule has 0 spiro atoms. The summed E-state index contributed by atoms with van der Waals surface area (Å²) >= 11 is 0. The van der Waals surface area contributed by atoms with Gasteiger partial charge in [-0.25, -0.2) is 0 Å². The van der Waals surface area contributed by atoms with Crippen LogP contribution in [0.2, 0.25) is 0 Å². The Labute approximate surface area is 119 Å². The van der Waals surface area contributed by atoms with Gasteiger partial charge in [0.15, 0.2) is 0 Å². The van der Waals surface area contributed by atoms with Crippen molar-refractivity contribution >= 4 is 17.7 Å². The van der Waals surface area contributed by atoms with Crippen molar-refractivity contribution in [1.29, 1.82) is 0 Å². The van der Waals surface area contributed by atoms with E-state index < -0.39 is 0 Å². The van der Waals surface area contributed by atoms with E-state index in [1.54, 1.807) is 9.80 Å². The SMILES string of the molecule is C=CC(=O)NCCC(=O)N1CCN(CC(C)C)C(=O)C1. The summed E-state index contributed by atoms with van der Waals surface area (Å²) in [6.07, 6.45) is 1.37. The molecular weight excluding hydrogens is 258 g/mol. The van der Waals surface area contributed by atoms with Crippen molar-refractivity contribution < 1.29 is 14.4 Å². The van der Waals surface area contributed by atoms with E-state index in [4.69, 9.17) is 0 Å². The highest BCUT2D eigenvalue weighted by Crippen LogP contribution is 2.07. The van der Waals surface area contributed by atoms with Crippen molar-refractivity contribution in [2.24, 2.45) is 5.92 Å². The number of rotatable bonds is 6. The standard InChI is InChI=1S/C14H23N3O3/c1-4-12(18)15-6-5-13(19)17-8-7-16(9-11(2)3)14(20)10-17/h4,11H,1,5-10H2,2-3H3,(H,15,18). The fourth-order valence-corrected chi connectivity index (χ4v) is 2.08. The fraction of sp³-hybridized carbons (Fsp3) is 0.643. The fourth-order valence-electron chi connectivity index (χ4n) is 2.08. The number of carbonyl (C=O) groups excluding carboxylic acids is 3. The molecular formula is C14H23N3O3. The minimum atomic E-state index is -0.296. The normalized spacial score (nSPS) is 15.4. The molecule has 0 saturated carbocycles. The molecule has 0 atom stereocenters. The molecule has 0 aromatic rings. The van der Waals surface area contributed by atoms with Gasteiger partial charge >= 0.3 is 0 Å². The van der Waals surface area contributed by atoms with E-state index in [-0.39, 0.29) is 37.2 Å². The van der Waals surface area contributed by atoms with E-state index in [9.17, 15) is 14.4 Å². The minimum absolute atomic E-state index is 0.00609. The summed E-state index contributed by atoms with van der Waals surface area (Å²) in [4.78, 5) is 38.1. The summed E-state index contributed by atoms with van der Waals surface area (Å²) in [6.45, 7) is 9.75. The monoisotopic (exact) mass is 281 g/mol. The van der Waals surface area contributed by atoms with Crippen LogP contribution in [0, 0.1) is 5.92 Å². The van der Waals surface area contributed by atoms with Crippen LogP contribution < -0.4 is 5.32 Å². The maximum absolute atomic E-state index is 11.9. The highest BCUT2D eigenvalue weighted by atomic mass is 16.2. The Morgan fingerprint density at radius 1 is 1.40 bits per heavy atom. The molecule has 112 valence electrons. The van der Waals surface area contributed by atoms with Gasteiger partial charge < -0.3 is 15.1 Å². The quantitative estimate of drug-likeness (QED) is 0.697. The van der Waals surface area contributed by atoms with E-state index in [1.807, 2.05) is 0 Å². The van der Waals surface area contributed by atoms with Crippen molar-refractivity contribution in [3.63, 3.8) is 0 Å². The van der Waals surface area contributed by atoms with Crippen molar-refractivity contribution in [2.45, 2.75) is 20.3 Å². The van der Waals surface area contributed by atoms with E-state index in [2.05, 4.69) is 25.7 Å². The Hall–Kier alpha value is -1.85. The van der Waals surface area contributed by atoms with Gasteiger partial charge in [0.1, 0.15) is 0 Å². The topological polar surface area (TPSA) is 69.7 Å². The van der Waals surface area contributed by atoms with Crippen LogP contribution in [-0.4, -0.2) is 60.2 Å². The predicted molar refractivity (Wildman–Crippen MR) is 75.8 cm³/mol. The second-order valence-electron chi connectivity index (χ2n) is 5.29. The average Bonchev–Trinajstić information content (AvgIpc) is 2.40. The van der Waals surface area contributed by atoms with Crippen LogP contribution in [0.3, 0.4) is 0 Å². The van der Waals surface area contributed by atoms with Gasteiger partial charge in [0.05, 0.1) is 6.54 Å². The third-order valence-corrected chi connectivity index (χ3v) is 3.08. The zero-order valence-corrected chi connectivity index (χ0v) is 12.2. The predicted octanol–water partition coefficient (Wildman–Crippen LogP) is 0.00550. The summed E-state index contributed by atoms with van der Waals surface area (Å²) in [5.41, 5.74) is 0. The number of hydrogen-bond acceptors (Lipinski definition) is 3. The molecule has 3 amide bonds. The largest absolute Gasteiger partial charge is 0.352 e. The molecule has 0 aromatic heterocycles. The van der Waals surface area contributed by atoms with Gasteiger partial charge in [0, 0.05) is 32.6 Å². The molecule has 0 aliphatic carbocycles. The Morgan fingerprint density at radius 2 is 2.10 bits per heavy atom. The van der Waals surface area contributed by atoms with Crippen LogP contribution in [0.15, 0.2) is 12.7 Å². The molecule has 0 aromatic carbocycles. The Bertz CT molecular complexity index is 393. The number of piperazine rings is 1. The first kappa shape index (κ1) is 16.2. The Balaban J connectivity index is 2.35. The summed E-state index contributed by atoms with van der Waals surface area (Å²) in [7, 11) is 0.